The molecule has 0 bridgehead atoms. The van der Waals surface area contributed by atoms with E-state index in [9.17, 15) is 28.5 Å². The van der Waals surface area contributed by atoms with Crippen molar-refractivity contribution < 1.29 is 28.5 Å². The van der Waals surface area contributed by atoms with Crippen LogP contribution < -0.4 is 16.4 Å². The Balaban J connectivity index is 2.42. The fourth-order valence-electron chi connectivity index (χ4n) is 2.87. The molecule has 126 valence electrons. The average Bonchev–Trinajstić information content (AvgIpc) is 2.53. The highest BCUT2D eigenvalue weighted by atomic mass is 19.1. The molecule has 0 saturated heterocycles. The van der Waals surface area contributed by atoms with Crippen LogP contribution in [-0.4, -0.2) is 22.0 Å². The summed E-state index contributed by atoms with van der Waals surface area (Å²) < 4.78 is 43.3. The minimum Gasteiger partial charge on any atom is -0.508 e. The van der Waals surface area contributed by atoms with Gasteiger partial charge in [-0.15, -0.1) is 0 Å². The smallest absolute Gasteiger partial charge is 0.267 e. The molecule has 3 N–H and O–H groups in total. The van der Waals surface area contributed by atoms with E-state index in [0.29, 0.717) is 0 Å². The lowest BCUT2D eigenvalue weighted by atomic mass is 9.35. The Labute approximate surface area is 141 Å². The third-order valence-electron chi connectivity index (χ3n) is 3.96. The first kappa shape index (κ1) is 16.8. The van der Waals surface area contributed by atoms with Crippen molar-refractivity contribution >= 4 is 23.1 Å². The maximum absolute atomic E-state index is 14.4. The van der Waals surface area contributed by atoms with Gasteiger partial charge in [-0.25, -0.2) is 13.2 Å². The highest BCUT2D eigenvalue weighted by Crippen LogP contribution is 2.18. The zero-order valence-corrected chi connectivity index (χ0v) is 12.7. The molecule has 7 heteroatoms. The maximum atomic E-state index is 14.4. The van der Waals surface area contributed by atoms with Gasteiger partial charge < -0.3 is 15.3 Å². The molecule has 0 spiro atoms. The van der Waals surface area contributed by atoms with Crippen molar-refractivity contribution in [1.29, 1.82) is 0 Å². The summed E-state index contributed by atoms with van der Waals surface area (Å²) >= 11 is 0. The van der Waals surface area contributed by atoms with Crippen LogP contribution in [0.15, 0.2) is 54.6 Å². The topological polar surface area (TPSA) is 60.7 Å². The predicted octanol–water partition coefficient (Wildman–Crippen LogP) is 1.74. The Hall–Kier alpha value is -3.09. The second kappa shape index (κ2) is 6.43. The summed E-state index contributed by atoms with van der Waals surface area (Å²) in [6.07, 6.45) is 0. The number of benzene rings is 3. The summed E-state index contributed by atoms with van der Waals surface area (Å²) in [6, 6.07) is 10.2. The molecule has 3 rings (SSSR count). The van der Waals surface area contributed by atoms with Crippen LogP contribution in [0.4, 0.5) is 13.2 Å². The van der Waals surface area contributed by atoms with Crippen LogP contribution in [0.2, 0.25) is 0 Å². The van der Waals surface area contributed by atoms with Crippen LogP contribution in [0.5, 0.6) is 17.2 Å². The largest absolute Gasteiger partial charge is 0.508 e. The van der Waals surface area contributed by atoms with Gasteiger partial charge in [-0.1, -0.05) is 18.2 Å². The first-order valence-electron chi connectivity index (χ1n) is 7.34. The molecular formula is C18H12BF3O3. The highest BCUT2D eigenvalue weighted by Gasteiger charge is 2.36. The summed E-state index contributed by atoms with van der Waals surface area (Å²) in [4.78, 5) is 0. The lowest BCUT2D eigenvalue weighted by molar-refractivity contribution is 0.472. The summed E-state index contributed by atoms with van der Waals surface area (Å²) in [5.41, 5.74) is -1.37. The molecule has 0 aliphatic carbocycles. The van der Waals surface area contributed by atoms with E-state index >= 15 is 0 Å². The Bertz CT molecular complexity index is 764. The van der Waals surface area contributed by atoms with Gasteiger partial charge in [0.1, 0.15) is 34.7 Å². The van der Waals surface area contributed by atoms with Gasteiger partial charge in [0.25, 0.3) is 6.71 Å². The van der Waals surface area contributed by atoms with E-state index in [1.165, 1.54) is 18.2 Å². The molecule has 0 saturated carbocycles. The van der Waals surface area contributed by atoms with Crippen molar-refractivity contribution in [2.75, 3.05) is 0 Å². The van der Waals surface area contributed by atoms with Gasteiger partial charge in [0, 0.05) is 16.4 Å². The van der Waals surface area contributed by atoms with Crippen molar-refractivity contribution in [3.8, 4) is 17.2 Å². The van der Waals surface area contributed by atoms with Gasteiger partial charge in [-0.3, -0.25) is 0 Å². The van der Waals surface area contributed by atoms with Gasteiger partial charge >= 0.3 is 0 Å². The highest BCUT2D eigenvalue weighted by molar-refractivity contribution is 6.97. The van der Waals surface area contributed by atoms with E-state index in [1.54, 1.807) is 0 Å². The molecule has 0 radical (unpaired) electrons. The normalized spacial score (nSPS) is 10.7. The molecule has 0 aliphatic rings. The van der Waals surface area contributed by atoms with Crippen LogP contribution in [-0.2, 0) is 0 Å². The summed E-state index contributed by atoms with van der Waals surface area (Å²) in [7, 11) is 0. The number of hydrogen-bond acceptors (Lipinski definition) is 3. The van der Waals surface area contributed by atoms with Gasteiger partial charge in [0.05, 0.1) is 0 Å². The van der Waals surface area contributed by atoms with E-state index in [-0.39, 0.29) is 0 Å². The number of phenols is 3. The average molecular weight is 344 g/mol. The standard InChI is InChI=1S/C18H12BF3O3/c20-10-4-1-7-13(23)16(10)19(17-11(21)5-2-8-14(17)24)18-12(22)6-3-9-15(18)25/h1-9,23-25H. The molecule has 3 nitrogen and oxygen atoms in total. The van der Waals surface area contributed by atoms with E-state index in [1.807, 2.05) is 0 Å². The number of aromatic hydroxyl groups is 3. The monoisotopic (exact) mass is 344 g/mol. The molecule has 3 aromatic rings. The van der Waals surface area contributed by atoms with Crippen LogP contribution in [0.25, 0.3) is 0 Å². The second-order valence-electron chi connectivity index (χ2n) is 5.45. The Kier molecular flexibility index (Phi) is 4.31. The Morgan fingerprint density at radius 1 is 0.520 bits per heavy atom. The lowest BCUT2D eigenvalue weighted by Gasteiger charge is -2.20. The van der Waals surface area contributed by atoms with Gasteiger partial charge in [-0.2, -0.15) is 0 Å². The van der Waals surface area contributed by atoms with Gasteiger partial charge in [-0.05, 0) is 36.4 Å². The lowest BCUT2D eigenvalue weighted by Crippen LogP contribution is -2.55. The van der Waals surface area contributed by atoms with E-state index in [4.69, 9.17) is 0 Å². The molecule has 0 aromatic heterocycles. The van der Waals surface area contributed by atoms with Gasteiger partial charge in [0.15, 0.2) is 0 Å². The molecule has 0 amide bonds. The molecule has 25 heavy (non-hydrogen) atoms. The quantitative estimate of drug-likeness (QED) is 0.635. The molecule has 0 atom stereocenters. The zero-order chi connectivity index (χ0) is 18.1. The first-order valence-corrected chi connectivity index (χ1v) is 7.34. The minimum absolute atomic E-state index is 0.455. The van der Waals surface area contributed by atoms with Crippen LogP contribution in [0.1, 0.15) is 0 Å². The van der Waals surface area contributed by atoms with Crippen molar-refractivity contribution in [3.63, 3.8) is 0 Å². The number of halogens is 3. The summed E-state index contributed by atoms with van der Waals surface area (Å²) in [5.74, 6) is -4.48. The van der Waals surface area contributed by atoms with Crippen LogP contribution >= 0.6 is 0 Å². The number of phenolic OH excluding ortho intramolecular Hbond substituents is 3. The number of hydrogen-bond donors (Lipinski definition) is 3. The van der Waals surface area contributed by atoms with E-state index in [2.05, 4.69) is 0 Å². The number of rotatable bonds is 3. The van der Waals surface area contributed by atoms with Gasteiger partial charge in [0.2, 0.25) is 0 Å². The van der Waals surface area contributed by atoms with Crippen molar-refractivity contribution in [1.82, 2.24) is 0 Å². The van der Waals surface area contributed by atoms with E-state index in [0.717, 1.165) is 36.4 Å². The van der Waals surface area contributed by atoms with Crippen molar-refractivity contribution in [2.24, 2.45) is 0 Å². The zero-order valence-electron chi connectivity index (χ0n) is 12.7. The SMILES string of the molecule is Oc1cccc(F)c1B(c1c(O)cccc1F)c1c(O)cccc1F. The fourth-order valence-corrected chi connectivity index (χ4v) is 2.87. The van der Waals surface area contributed by atoms with Crippen LogP contribution in [0, 0.1) is 17.5 Å². The first-order chi connectivity index (χ1) is 11.9. The molecule has 0 unspecified atom stereocenters. The third-order valence-corrected chi connectivity index (χ3v) is 3.96. The predicted molar refractivity (Wildman–Crippen MR) is 88.9 cm³/mol. The minimum atomic E-state index is -1.59. The summed E-state index contributed by atoms with van der Waals surface area (Å²) in [5, 5.41) is 30.3. The Morgan fingerprint density at radius 3 is 1.04 bits per heavy atom. The van der Waals surface area contributed by atoms with Crippen molar-refractivity contribution in [3.05, 3.63) is 72.0 Å². The molecule has 0 aliphatic heterocycles. The molecule has 0 fully saturated rings. The van der Waals surface area contributed by atoms with Crippen molar-refractivity contribution in [2.45, 2.75) is 0 Å². The maximum Gasteiger partial charge on any atom is 0.267 e. The van der Waals surface area contributed by atoms with E-state index < -0.39 is 57.8 Å². The second-order valence-corrected chi connectivity index (χ2v) is 5.45. The fraction of sp³-hybridized carbons (Fsp3) is 0. The Morgan fingerprint density at radius 2 is 0.800 bits per heavy atom. The summed E-state index contributed by atoms with van der Waals surface area (Å²) in [6.45, 7) is -1.59. The van der Waals surface area contributed by atoms with Crippen LogP contribution in [0.3, 0.4) is 0 Å². The molecular weight excluding hydrogens is 332 g/mol. The molecule has 3 aromatic carbocycles. The third kappa shape index (κ3) is 2.89. The molecule has 0 heterocycles.